The third-order valence-corrected chi connectivity index (χ3v) is 3.63. The zero-order valence-corrected chi connectivity index (χ0v) is 14.8. The minimum absolute atomic E-state index is 0.0511. The van der Waals surface area contributed by atoms with Gasteiger partial charge in [0.25, 0.3) is 0 Å². The number of sulfonamides is 1. The topological polar surface area (TPSA) is 124 Å². The molecule has 1 aromatic heterocycles. The van der Waals surface area contributed by atoms with E-state index >= 15 is 0 Å². The van der Waals surface area contributed by atoms with Gasteiger partial charge in [-0.2, -0.15) is 9.90 Å². The fourth-order valence-electron chi connectivity index (χ4n) is 1.99. The summed E-state index contributed by atoms with van der Waals surface area (Å²) in [5, 5.41) is 10.4. The third kappa shape index (κ3) is 5.64. The van der Waals surface area contributed by atoms with Crippen molar-refractivity contribution in [3.8, 4) is 11.5 Å². The average molecular weight is 369 g/mol. The van der Waals surface area contributed by atoms with Crippen LogP contribution in [0.3, 0.4) is 0 Å². The van der Waals surface area contributed by atoms with Gasteiger partial charge in [-0.05, 0) is 17.7 Å². The van der Waals surface area contributed by atoms with Gasteiger partial charge in [-0.25, -0.2) is 8.42 Å². The van der Waals surface area contributed by atoms with E-state index < -0.39 is 10.0 Å². The first-order valence-electron chi connectivity index (χ1n) is 7.16. The molecule has 10 nitrogen and oxygen atoms in total. The van der Waals surface area contributed by atoms with Crippen LogP contribution in [0.1, 0.15) is 5.56 Å². The van der Waals surface area contributed by atoms with E-state index in [1.54, 1.807) is 19.2 Å². The third-order valence-electron chi connectivity index (χ3n) is 3.05. The molecular weight excluding hydrogens is 350 g/mol. The van der Waals surface area contributed by atoms with Crippen molar-refractivity contribution in [2.75, 3.05) is 25.2 Å². The lowest BCUT2D eigenvalue weighted by Gasteiger charge is -2.10. The molecule has 2 N–H and O–H groups in total. The highest BCUT2D eigenvalue weighted by molar-refractivity contribution is 7.92. The molecule has 0 unspecified atom stereocenters. The molecule has 0 radical (unpaired) electrons. The van der Waals surface area contributed by atoms with Gasteiger partial charge in [0.15, 0.2) is 17.3 Å². The maximum Gasteiger partial charge on any atom is 0.243 e. The highest BCUT2D eigenvalue weighted by Gasteiger charge is 2.10. The summed E-state index contributed by atoms with van der Waals surface area (Å²) in [6.07, 6.45) is 2.23. The van der Waals surface area contributed by atoms with Crippen LogP contribution >= 0.6 is 0 Å². The second-order valence-corrected chi connectivity index (χ2v) is 6.85. The van der Waals surface area contributed by atoms with Crippen LogP contribution in [0.5, 0.6) is 11.5 Å². The van der Waals surface area contributed by atoms with Crippen molar-refractivity contribution >= 4 is 21.7 Å². The van der Waals surface area contributed by atoms with Crippen LogP contribution in [0.15, 0.2) is 24.4 Å². The first kappa shape index (κ1) is 18.5. The molecule has 0 bridgehead atoms. The summed E-state index contributed by atoms with van der Waals surface area (Å²) in [7, 11) is -0.361. The summed E-state index contributed by atoms with van der Waals surface area (Å²) in [5.74, 6) is 0.898. The number of anilines is 1. The van der Waals surface area contributed by atoms with Crippen LogP contribution in [0, 0.1) is 0 Å². The number of amides is 1. The number of methoxy groups -OCH3 is 2. The lowest BCUT2D eigenvalue weighted by molar-refractivity contribution is -0.122. The number of hydrogen-bond acceptors (Lipinski definition) is 7. The molecule has 1 heterocycles. The zero-order chi connectivity index (χ0) is 18.4. The molecule has 0 saturated carbocycles. The van der Waals surface area contributed by atoms with Crippen molar-refractivity contribution in [3.63, 3.8) is 0 Å². The Balaban J connectivity index is 1.91. The van der Waals surface area contributed by atoms with Gasteiger partial charge in [-0.1, -0.05) is 6.07 Å². The number of nitrogens with one attached hydrogen (secondary N) is 2. The van der Waals surface area contributed by atoms with Crippen molar-refractivity contribution in [1.29, 1.82) is 0 Å². The zero-order valence-electron chi connectivity index (χ0n) is 14.0. The van der Waals surface area contributed by atoms with Gasteiger partial charge in [0.2, 0.25) is 15.9 Å². The summed E-state index contributed by atoms with van der Waals surface area (Å²) in [6, 6.07) is 5.32. The number of hydrogen-bond donors (Lipinski definition) is 2. The molecule has 1 aromatic carbocycles. The minimum Gasteiger partial charge on any atom is -0.493 e. The van der Waals surface area contributed by atoms with Crippen LogP contribution in [-0.4, -0.2) is 49.8 Å². The number of carbonyl (C=O) groups is 1. The second-order valence-electron chi connectivity index (χ2n) is 5.10. The van der Waals surface area contributed by atoms with Crippen LogP contribution in [0.25, 0.3) is 0 Å². The van der Waals surface area contributed by atoms with E-state index in [1.165, 1.54) is 13.3 Å². The number of carbonyl (C=O) groups excluding carboxylic acids is 1. The smallest absolute Gasteiger partial charge is 0.243 e. The van der Waals surface area contributed by atoms with Gasteiger partial charge in [0.1, 0.15) is 6.54 Å². The minimum atomic E-state index is -3.44. The van der Waals surface area contributed by atoms with Crippen molar-refractivity contribution < 1.29 is 22.7 Å². The quantitative estimate of drug-likeness (QED) is 0.670. The Bertz CT molecular complexity index is 849. The Morgan fingerprint density at radius 1 is 1.24 bits per heavy atom. The fourth-order valence-corrected chi connectivity index (χ4v) is 2.46. The summed E-state index contributed by atoms with van der Waals surface area (Å²) < 4.78 is 34.7. The molecule has 136 valence electrons. The molecule has 0 saturated heterocycles. The highest BCUT2D eigenvalue weighted by atomic mass is 32.2. The highest BCUT2D eigenvalue weighted by Crippen LogP contribution is 2.27. The summed E-state index contributed by atoms with van der Waals surface area (Å²) >= 11 is 0. The lowest BCUT2D eigenvalue weighted by Crippen LogP contribution is -2.28. The largest absolute Gasteiger partial charge is 0.493 e. The molecule has 0 fully saturated rings. The van der Waals surface area contributed by atoms with Crippen LogP contribution in [0.2, 0.25) is 0 Å². The Morgan fingerprint density at radius 3 is 2.60 bits per heavy atom. The van der Waals surface area contributed by atoms with E-state index in [2.05, 4.69) is 20.2 Å². The Labute approximate surface area is 145 Å². The molecule has 2 aromatic rings. The molecule has 0 aliphatic carbocycles. The van der Waals surface area contributed by atoms with Gasteiger partial charge < -0.3 is 14.8 Å². The van der Waals surface area contributed by atoms with Crippen LogP contribution in [-0.2, 0) is 27.9 Å². The van der Waals surface area contributed by atoms with Crippen molar-refractivity contribution in [2.45, 2.75) is 13.1 Å². The Hall–Kier alpha value is -2.82. The SMILES string of the molecule is COc1ccc(CNC(=O)Cn2ncc(NS(C)(=O)=O)n2)cc1OC. The Kier molecular flexibility index (Phi) is 5.80. The summed E-state index contributed by atoms with van der Waals surface area (Å²) in [4.78, 5) is 13.0. The Morgan fingerprint density at radius 2 is 1.96 bits per heavy atom. The lowest BCUT2D eigenvalue weighted by atomic mass is 10.2. The summed E-state index contributed by atoms with van der Waals surface area (Å²) in [5.41, 5.74) is 0.832. The van der Waals surface area contributed by atoms with Gasteiger partial charge in [-0.3, -0.25) is 9.52 Å². The van der Waals surface area contributed by atoms with Crippen molar-refractivity contribution in [2.24, 2.45) is 0 Å². The molecule has 11 heteroatoms. The van der Waals surface area contributed by atoms with E-state index in [1.807, 2.05) is 6.07 Å². The molecule has 25 heavy (non-hydrogen) atoms. The molecule has 2 rings (SSSR count). The molecular formula is C14H19N5O5S. The first-order chi connectivity index (χ1) is 11.8. The molecule has 0 aliphatic rings. The van der Waals surface area contributed by atoms with E-state index in [0.29, 0.717) is 11.5 Å². The van der Waals surface area contributed by atoms with E-state index in [4.69, 9.17) is 9.47 Å². The van der Waals surface area contributed by atoms with Gasteiger partial charge in [0.05, 0.1) is 26.7 Å². The number of ether oxygens (including phenoxy) is 2. The van der Waals surface area contributed by atoms with E-state index in [9.17, 15) is 13.2 Å². The number of nitrogens with zero attached hydrogens (tertiary/aromatic N) is 3. The number of aromatic nitrogens is 3. The standard InChI is InChI=1S/C14H19N5O5S/c1-23-11-5-4-10(6-12(11)24-2)7-15-14(20)9-19-16-8-13(17-19)18-25(3,21)22/h4-6,8H,7,9H2,1-3H3,(H,15,20)(H,17,18). The number of rotatable bonds is 8. The summed E-state index contributed by atoms with van der Waals surface area (Å²) in [6.45, 7) is 0.146. The monoisotopic (exact) mass is 369 g/mol. The maximum absolute atomic E-state index is 12.0. The first-order valence-corrected chi connectivity index (χ1v) is 9.05. The molecule has 0 spiro atoms. The van der Waals surface area contributed by atoms with Crippen LogP contribution < -0.4 is 19.5 Å². The van der Waals surface area contributed by atoms with E-state index in [-0.39, 0.29) is 24.8 Å². The van der Waals surface area contributed by atoms with Gasteiger partial charge in [-0.15, -0.1) is 5.10 Å². The predicted molar refractivity (Wildman–Crippen MR) is 89.9 cm³/mol. The average Bonchev–Trinajstić information content (AvgIpc) is 2.97. The van der Waals surface area contributed by atoms with E-state index in [0.717, 1.165) is 16.6 Å². The predicted octanol–water partition coefficient (Wildman–Crippen LogP) is -0.0168. The fraction of sp³-hybridized carbons (Fsp3) is 0.357. The van der Waals surface area contributed by atoms with Gasteiger partial charge >= 0.3 is 0 Å². The molecule has 0 aliphatic heterocycles. The van der Waals surface area contributed by atoms with Crippen molar-refractivity contribution in [3.05, 3.63) is 30.0 Å². The normalized spacial score (nSPS) is 11.0. The van der Waals surface area contributed by atoms with Crippen molar-refractivity contribution in [1.82, 2.24) is 20.3 Å². The second kappa shape index (κ2) is 7.83. The molecule has 0 atom stereocenters. The van der Waals surface area contributed by atoms with Gasteiger partial charge in [0, 0.05) is 6.54 Å². The molecule has 1 amide bonds. The van der Waals surface area contributed by atoms with Crippen LogP contribution in [0.4, 0.5) is 5.82 Å². The maximum atomic E-state index is 12.0. The number of benzene rings is 1.